The molecule has 0 aromatic carbocycles. The van der Waals surface area contributed by atoms with Gasteiger partial charge in [0.1, 0.15) is 0 Å². The molecular formula is C17H37IN4O. The van der Waals surface area contributed by atoms with Gasteiger partial charge in [0, 0.05) is 32.8 Å². The summed E-state index contributed by atoms with van der Waals surface area (Å²) in [6, 6.07) is 0.575. The van der Waals surface area contributed by atoms with E-state index in [1.807, 2.05) is 0 Å². The van der Waals surface area contributed by atoms with E-state index in [0.717, 1.165) is 38.7 Å². The van der Waals surface area contributed by atoms with Crippen molar-refractivity contribution in [3.63, 3.8) is 0 Å². The number of halogens is 1. The lowest BCUT2D eigenvalue weighted by molar-refractivity contribution is 0.142. The second-order valence-corrected chi connectivity index (χ2v) is 6.03. The Bertz CT molecular complexity index is 302. The molecule has 1 unspecified atom stereocenters. The van der Waals surface area contributed by atoms with Crippen molar-refractivity contribution in [3.8, 4) is 0 Å². The van der Waals surface area contributed by atoms with Crippen LogP contribution in [-0.2, 0) is 4.74 Å². The Morgan fingerprint density at radius 3 is 2.74 bits per heavy atom. The summed E-state index contributed by atoms with van der Waals surface area (Å²) in [7, 11) is 1.77. The average molecular weight is 440 g/mol. The van der Waals surface area contributed by atoms with Gasteiger partial charge >= 0.3 is 0 Å². The number of guanidine groups is 1. The van der Waals surface area contributed by atoms with Crippen molar-refractivity contribution >= 4 is 29.9 Å². The minimum absolute atomic E-state index is 0. The van der Waals surface area contributed by atoms with Crippen LogP contribution in [0.25, 0.3) is 0 Å². The fourth-order valence-corrected chi connectivity index (χ4v) is 2.90. The maximum atomic E-state index is 5.20. The van der Waals surface area contributed by atoms with E-state index in [0.29, 0.717) is 6.04 Å². The van der Waals surface area contributed by atoms with Crippen LogP contribution in [0.15, 0.2) is 4.99 Å². The molecule has 5 nitrogen and oxygen atoms in total. The molecule has 23 heavy (non-hydrogen) atoms. The molecule has 0 aliphatic carbocycles. The summed E-state index contributed by atoms with van der Waals surface area (Å²) >= 11 is 0. The molecule has 2 N–H and O–H groups in total. The molecule has 1 fully saturated rings. The van der Waals surface area contributed by atoms with Crippen molar-refractivity contribution < 1.29 is 4.74 Å². The van der Waals surface area contributed by atoms with Crippen LogP contribution in [0.5, 0.6) is 0 Å². The summed E-state index contributed by atoms with van der Waals surface area (Å²) in [6.45, 7) is 10.2. The van der Waals surface area contributed by atoms with Crippen LogP contribution in [0.1, 0.15) is 52.4 Å². The normalized spacial score (nSPS) is 18.7. The molecule has 0 saturated carbocycles. The third-order valence-electron chi connectivity index (χ3n) is 4.21. The minimum Gasteiger partial charge on any atom is -0.383 e. The predicted molar refractivity (Wildman–Crippen MR) is 110 cm³/mol. The third kappa shape index (κ3) is 10.4. The molecular weight excluding hydrogens is 403 g/mol. The first-order chi connectivity index (χ1) is 10.8. The number of nitrogens with one attached hydrogen (secondary N) is 2. The Balaban J connectivity index is 0.00000484. The van der Waals surface area contributed by atoms with Gasteiger partial charge in [-0.1, -0.05) is 26.2 Å². The number of unbranched alkanes of at least 4 members (excludes halogenated alkanes) is 3. The maximum absolute atomic E-state index is 5.20. The van der Waals surface area contributed by atoms with Gasteiger partial charge in [0.05, 0.1) is 13.2 Å². The highest BCUT2D eigenvalue weighted by Gasteiger charge is 2.23. The van der Waals surface area contributed by atoms with Crippen LogP contribution in [0.4, 0.5) is 0 Å². The second-order valence-electron chi connectivity index (χ2n) is 6.03. The summed E-state index contributed by atoms with van der Waals surface area (Å²) in [6.07, 6.45) is 7.67. The zero-order valence-corrected chi connectivity index (χ0v) is 17.6. The van der Waals surface area contributed by atoms with E-state index in [1.54, 1.807) is 7.11 Å². The maximum Gasteiger partial charge on any atom is 0.191 e. The summed E-state index contributed by atoms with van der Waals surface area (Å²) in [4.78, 5) is 7.30. The van der Waals surface area contributed by atoms with Crippen molar-refractivity contribution in [2.75, 3.05) is 46.4 Å². The van der Waals surface area contributed by atoms with Gasteiger partial charge in [0.15, 0.2) is 5.96 Å². The van der Waals surface area contributed by atoms with E-state index in [9.17, 15) is 0 Å². The van der Waals surface area contributed by atoms with Gasteiger partial charge in [0.25, 0.3) is 0 Å². The molecule has 0 amide bonds. The highest BCUT2D eigenvalue weighted by molar-refractivity contribution is 14.0. The van der Waals surface area contributed by atoms with Gasteiger partial charge in [-0.05, 0) is 32.7 Å². The van der Waals surface area contributed by atoms with Gasteiger partial charge in [-0.25, -0.2) is 0 Å². The van der Waals surface area contributed by atoms with Crippen LogP contribution in [0.3, 0.4) is 0 Å². The highest BCUT2D eigenvalue weighted by atomic mass is 127. The second kappa shape index (κ2) is 15.4. The van der Waals surface area contributed by atoms with Gasteiger partial charge in [-0.2, -0.15) is 0 Å². The molecule has 0 radical (unpaired) electrons. The van der Waals surface area contributed by atoms with E-state index < -0.39 is 0 Å². The quantitative estimate of drug-likeness (QED) is 0.225. The Morgan fingerprint density at radius 1 is 1.22 bits per heavy atom. The summed E-state index contributed by atoms with van der Waals surface area (Å²) in [5.41, 5.74) is 0. The Morgan fingerprint density at radius 2 is 2.04 bits per heavy atom. The monoisotopic (exact) mass is 440 g/mol. The van der Waals surface area contributed by atoms with Gasteiger partial charge < -0.3 is 15.4 Å². The minimum atomic E-state index is 0. The van der Waals surface area contributed by atoms with E-state index in [4.69, 9.17) is 9.73 Å². The molecule has 1 aliphatic heterocycles. The zero-order valence-electron chi connectivity index (χ0n) is 15.3. The fraction of sp³-hybridized carbons (Fsp3) is 0.941. The largest absolute Gasteiger partial charge is 0.383 e. The number of methoxy groups -OCH3 is 1. The van der Waals surface area contributed by atoms with Crippen molar-refractivity contribution in [3.05, 3.63) is 0 Å². The molecule has 0 bridgehead atoms. The van der Waals surface area contributed by atoms with Crippen molar-refractivity contribution in [1.29, 1.82) is 0 Å². The fourth-order valence-electron chi connectivity index (χ4n) is 2.90. The topological polar surface area (TPSA) is 48.9 Å². The molecule has 1 rings (SSSR count). The van der Waals surface area contributed by atoms with Gasteiger partial charge in [-0.15, -0.1) is 24.0 Å². The molecule has 1 atom stereocenters. The van der Waals surface area contributed by atoms with Crippen molar-refractivity contribution in [2.24, 2.45) is 4.99 Å². The number of ether oxygens (including phenoxy) is 1. The Labute approximate surface area is 160 Å². The van der Waals surface area contributed by atoms with E-state index in [1.165, 1.54) is 45.1 Å². The first kappa shape index (κ1) is 22.9. The molecule has 1 aliphatic rings. The molecule has 1 heterocycles. The molecule has 0 aromatic heterocycles. The third-order valence-corrected chi connectivity index (χ3v) is 4.21. The first-order valence-electron chi connectivity index (χ1n) is 9.07. The number of nitrogens with zero attached hydrogens (tertiary/aromatic N) is 2. The number of likely N-dealkylation sites (tertiary alicyclic amines) is 1. The standard InChI is InChI=1S/C17H36N4O.HI/c1-4-6-7-8-11-19-17(18-5-2)20-15-16-10-9-12-21(16)13-14-22-3;/h16H,4-15H2,1-3H3,(H2,18,19,20);1H. The van der Waals surface area contributed by atoms with Crippen LogP contribution in [0.2, 0.25) is 0 Å². The van der Waals surface area contributed by atoms with Crippen molar-refractivity contribution in [2.45, 2.75) is 58.4 Å². The number of hydrogen-bond donors (Lipinski definition) is 2. The lowest BCUT2D eigenvalue weighted by atomic mass is 10.2. The van der Waals surface area contributed by atoms with E-state index >= 15 is 0 Å². The average Bonchev–Trinajstić information content (AvgIpc) is 2.97. The van der Waals surface area contributed by atoms with Crippen molar-refractivity contribution in [1.82, 2.24) is 15.5 Å². The Hall–Kier alpha value is -0.0800. The Kier molecular flexibility index (Phi) is 15.4. The van der Waals surface area contributed by atoms with Gasteiger partial charge in [0.2, 0.25) is 0 Å². The number of rotatable bonds is 11. The van der Waals surface area contributed by atoms with Gasteiger partial charge in [-0.3, -0.25) is 9.89 Å². The van der Waals surface area contributed by atoms with Crippen LogP contribution in [-0.4, -0.2) is 63.3 Å². The van der Waals surface area contributed by atoms with E-state index in [2.05, 4.69) is 29.4 Å². The SMILES string of the molecule is CCCCCCNC(=NCC1CCCN1CCOC)NCC.I. The molecule has 0 spiro atoms. The highest BCUT2D eigenvalue weighted by Crippen LogP contribution is 2.16. The predicted octanol–water partition coefficient (Wildman–Crippen LogP) is 2.85. The van der Waals surface area contributed by atoms with Crippen LogP contribution < -0.4 is 10.6 Å². The molecule has 0 aromatic rings. The van der Waals surface area contributed by atoms with Crippen LogP contribution in [0, 0.1) is 0 Å². The molecule has 1 saturated heterocycles. The van der Waals surface area contributed by atoms with Crippen LogP contribution >= 0.6 is 24.0 Å². The number of aliphatic imine (C=N–C) groups is 1. The summed E-state index contributed by atoms with van der Waals surface area (Å²) in [5.74, 6) is 0.970. The lowest BCUT2D eigenvalue weighted by Crippen LogP contribution is -2.40. The first-order valence-corrected chi connectivity index (χ1v) is 9.07. The summed E-state index contributed by atoms with van der Waals surface area (Å²) in [5, 5.41) is 6.81. The smallest absolute Gasteiger partial charge is 0.191 e. The number of hydrogen-bond acceptors (Lipinski definition) is 3. The zero-order chi connectivity index (χ0) is 16.0. The lowest BCUT2D eigenvalue weighted by Gasteiger charge is -2.23. The molecule has 138 valence electrons. The van der Waals surface area contributed by atoms with E-state index in [-0.39, 0.29) is 24.0 Å². The summed E-state index contributed by atoms with van der Waals surface area (Å²) < 4.78 is 5.20. The molecule has 6 heteroatoms.